The fourth-order valence-electron chi connectivity index (χ4n) is 5.57. The molecule has 0 aromatic carbocycles. The molecule has 1 aromatic rings. The zero-order valence-electron chi connectivity index (χ0n) is 20.0. The number of likely N-dealkylation sites (tertiary alicyclic amines) is 1. The molecule has 3 aliphatic rings. The largest absolute Gasteiger partial charge is 0.357 e. The third kappa shape index (κ3) is 7.30. The molecule has 3 heterocycles. The van der Waals surface area contributed by atoms with Gasteiger partial charge in [0.1, 0.15) is 11.6 Å². The zero-order valence-corrected chi connectivity index (χ0v) is 22.4. The second kappa shape index (κ2) is 13.7. The van der Waals surface area contributed by atoms with Crippen LogP contribution in [0.4, 0.5) is 0 Å². The van der Waals surface area contributed by atoms with Crippen LogP contribution in [0.1, 0.15) is 89.2 Å². The predicted octanol–water partition coefficient (Wildman–Crippen LogP) is 3.91. The molecular formula is C24H44IN7. The van der Waals surface area contributed by atoms with Crippen molar-refractivity contribution in [3.8, 4) is 0 Å². The van der Waals surface area contributed by atoms with Gasteiger partial charge in [-0.2, -0.15) is 0 Å². The van der Waals surface area contributed by atoms with Crippen LogP contribution < -0.4 is 10.6 Å². The number of aromatic nitrogens is 3. The summed E-state index contributed by atoms with van der Waals surface area (Å²) in [6.07, 6.45) is 16.5. The lowest BCUT2D eigenvalue weighted by atomic mass is 9.92. The lowest BCUT2D eigenvalue weighted by molar-refractivity contribution is 0.115. The maximum Gasteiger partial charge on any atom is 0.191 e. The van der Waals surface area contributed by atoms with Gasteiger partial charge in [0.2, 0.25) is 0 Å². The molecule has 1 aromatic heterocycles. The first-order valence-corrected chi connectivity index (χ1v) is 13.0. The van der Waals surface area contributed by atoms with Crippen LogP contribution in [0.2, 0.25) is 0 Å². The molecule has 1 saturated heterocycles. The van der Waals surface area contributed by atoms with Crippen molar-refractivity contribution in [2.75, 3.05) is 26.2 Å². The summed E-state index contributed by atoms with van der Waals surface area (Å²) in [6, 6.07) is 1.33. The molecule has 4 rings (SSSR count). The zero-order chi connectivity index (χ0) is 21.3. The lowest BCUT2D eigenvalue weighted by Gasteiger charge is -2.40. The van der Waals surface area contributed by atoms with Gasteiger partial charge in [0, 0.05) is 51.1 Å². The predicted molar refractivity (Wildman–Crippen MR) is 142 cm³/mol. The number of hydrogen-bond acceptors (Lipinski definition) is 4. The highest BCUT2D eigenvalue weighted by Gasteiger charge is 2.27. The van der Waals surface area contributed by atoms with E-state index in [1.165, 1.54) is 83.1 Å². The van der Waals surface area contributed by atoms with Crippen LogP contribution in [0.25, 0.3) is 0 Å². The minimum Gasteiger partial charge on any atom is -0.357 e. The van der Waals surface area contributed by atoms with Crippen LogP contribution in [0, 0.1) is 0 Å². The molecule has 7 nitrogen and oxygen atoms in total. The molecule has 2 aliphatic heterocycles. The van der Waals surface area contributed by atoms with E-state index in [-0.39, 0.29) is 24.0 Å². The second-order valence-corrected chi connectivity index (χ2v) is 9.63. The van der Waals surface area contributed by atoms with Crippen LogP contribution in [0.3, 0.4) is 0 Å². The Hall–Kier alpha value is -0.900. The summed E-state index contributed by atoms with van der Waals surface area (Å²) < 4.78 is 2.36. The van der Waals surface area contributed by atoms with Gasteiger partial charge in [0.05, 0.1) is 0 Å². The summed E-state index contributed by atoms with van der Waals surface area (Å²) in [5.74, 6) is 3.32. The summed E-state index contributed by atoms with van der Waals surface area (Å²) in [7, 11) is 0. The molecule has 1 aliphatic carbocycles. The van der Waals surface area contributed by atoms with Gasteiger partial charge in [-0.25, -0.2) is 0 Å². The molecule has 1 unspecified atom stereocenters. The Morgan fingerprint density at radius 1 is 1.00 bits per heavy atom. The Morgan fingerprint density at radius 2 is 1.84 bits per heavy atom. The number of rotatable bonds is 7. The Morgan fingerprint density at radius 3 is 2.69 bits per heavy atom. The van der Waals surface area contributed by atoms with E-state index in [9.17, 15) is 0 Å². The van der Waals surface area contributed by atoms with Gasteiger partial charge in [-0.1, -0.05) is 25.7 Å². The van der Waals surface area contributed by atoms with Gasteiger partial charge in [0.15, 0.2) is 5.96 Å². The molecule has 0 radical (unpaired) electrons. The van der Waals surface area contributed by atoms with Crippen molar-refractivity contribution in [1.82, 2.24) is 30.3 Å². The number of guanidine groups is 1. The fraction of sp³-hybridized carbons (Fsp3) is 0.875. The molecule has 1 saturated carbocycles. The van der Waals surface area contributed by atoms with E-state index in [4.69, 9.17) is 4.99 Å². The first kappa shape index (κ1) is 25.7. The van der Waals surface area contributed by atoms with E-state index in [1.54, 1.807) is 0 Å². The molecule has 0 bridgehead atoms. The second-order valence-electron chi connectivity index (χ2n) is 9.63. The van der Waals surface area contributed by atoms with Gasteiger partial charge in [-0.15, -0.1) is 34.2 Å². The highest BCUT2D eigenvalue weighted by molar-refractivity contribution is 14.0. The molecule has 8 heteroatoms. The van der Waals surface area contributed by atoms with Gasteiger partial charge in [-0.3, -0.25) is 9.89 Å². The summed E-state index contributed by atoms with van der Waals surface area (Å²) in [4.78, 5) is 7.64. The Bertz CT molecular complexity index is 699. The standard InChI is InChI=1S/C24H43N7.HI/c1-2-25-24(27-20-11-10-17-30(19-20)21-12-5-3-6-13-21)26-16-9-15-23-29-28-22-14-7-4-8-18-31(22)23;/h20-21H,2-19H2,1H3,(H2,25,26,27);1H. The molecule has 0 spiro atoms. The van der Waals surface area contributed by atoms with E-state index in [1.807, 2.05) is 0 Å². The van der Waals surface area contributed by atoms with Gasteiger partial charge in [-0.05, 0) is 58.4 Å². The molecular weight excluding hydrogens is 513 g/mol. The first-order valence-electron chi connectivity index (χ1n) is 13.0. The van der Waals surface area contributed by atoms with Gasteiger partial charge >= 0.3 is 0 Å². The fourth-order valence-corrected chi connectivity index (χ4v) is 5.57. The number of hydrogen-bond donors (Lipinski definition) is 2. The minimum atomic E-state index is 0. The molecule has 182 valence electrons. The number of nitrogens with one attached hydrogen (secondary N) is 2. The van der Waals surface area contributed by atoms with E-state index in [0.29, 0.717) is 6.04 Å². The van der Waals surface area contributed by atoms with E-state index in [2.05, 4.69) is 37.2 Å². The maximum absolute atomic E-state index is 4.89. The summed E-state index contributed by atoms with van der Waals surface area (Å²) in [5.41, 5.74) is 0. The van der Waals surface area contributed by atoms with Crippen LogP contribution in [0.5, 0.6) is 0 Å². The average Bonchev–Trinajstić information content (AvgIpc) is 3.03. The van der Waals surface area contributed by atoms with Gasteiger partial charge < -0.3 is 15.2 Å². The molecule has 2 N–H and O–H groups in total. The summed E-state index contributed by atoms with van der Waals surface area (Å²) in [5, 5.41) is 16.1. The average molecular weight is 558 g/mol. The molecule has 0 amide bonds. The third-order valence-electron chi connectivity index (χ3n) is 7.24. The lowest BCUT2D eigenvalue weighted by Crippen LogP contribution is -2.53. The van der Waals surface area contributed by atoms with Crippen molar-refractivity contribution < 1.29 is 0 Å². The highest BCUT2D eigenvalue weighted by Crippen LogP contribution is 2.25. The maximum atomic E-state index is 4.89. The van der Waals surface area contributed by atoms with Crippen LogP contribution in [-0.2, 0) is 19.4 Å². The van der Waals surface area contributed by atoms with Gasteiger partial charge in [0.25, 0.3) is 0 Å². The number of aliphatic imine (C=N–C) groups is 1. The first-order chi connectivity index (χ1) is 15.3. The van der Waals surface area contributed by atoms with Crippen molar-refractivity contribution in [3.63, 3.8) is 0 Å². The number of fused-ring (bicyclic) bond motifs is 1. The third-order valence-corrected chi connectivity index (χ3v) is 7.24. The minimum absolute atomic E-state index is 0. The SMILES string of the molecule is CCNC(=NCCCc1nnc2n1CCCCC2)NC1CCCN(C2CCCCC2)C1.I. The number of piperidine rings is 1. The normalized spacial score (nSPS) is 23.2. The monoisotopic (exact) mass is 557 g/mol. The van der Waals surface area contributed by atoms with Crippen molar-refractivity contribution in [1.29, 1.82) is 0 Å². The van der Waals surface area contributed by atoms with Crippen molar-refractivity contribution in [2.45, 2.75) is 109 Å². The van der Waals surface area contributed by atoms with Crippen LogP contribution in [0.15, 0.2) is 4.99 Å². The topological polar surface area (TPSA) is 70.4 Å². The Balaban J connectivity index is 0.00000289. The Labute approximate surface area is 211 Å². The number of nitrogens with zero attached hydrogens (tertiary/aromatic N) is 5. The van der Waals surface area contributed by atoms with Crippen LogP contribution in [-0.4, -0.2) is 63.9 Å². The Kier molecular flexibility index (Phi) is 11.0. The van der Waals surface area contributed by atoms with E-state index >= 15 is 0 Å². The molecule has 2 fully saturated rings. The highest BCUT2D eigenvalue weighted by atomic mass is 127. The summed E-state index contributed by atoms with van der Waals surface area (Å²) >= 11 is 0. The van der Waals surface area contributed by atoms with E-state index in [0.717, 1.165) is 56.7 Å². The number of aryl methyl sites for hydroxylation is 2. The van der Waals surface area contributed by atoms with E-state index < -0.39 is 0 Å². The van der Waals surface area contributed by atoms with Crippen molar-refractivity contribution >= 4 is 29.9 Å². The molecule has 1 atom stereocenters. The quantitative estimate of drug-likeness (QED) is 0.230. The number of halogens is 1. The van der Waals surface area contributed by atoms with Crippen LogP contribution >= 0.6 is 24.0 Å². The smallest absolute Gasteiger partial charge is 0.191 e. The summed E-state index contributed by atoms with van der Waals surface area (Å²) in [6.45, 7) is 7.42. The van der Waals surface area contributed by atoms with Crippen molar-refractivity contribution in [2.24, 2.45) is 4.99 Å². The molecule has 32 heavy (non-hydrogen) atoms. The van der Waals surface area contributed by atoms with Crippen molar-refractivity contribution in [3.05, 3.63) is 11.6 Å².